The molecule has 1 heterocycles. The number of pyridine rings is 1. The highest BCUT2D eigenvalue weighted by atomic mass is 15.1. The first kappa shape index (κ1) is 14.8. The van der Waals surface area contributed by atoms with Gasteiger partial charge in [0.2, 0.25) is 0 Å². The van der Waals surface area contributed by atoms with Gasteiger partial charge >= 0.3 is 0 Å². The van der Waals surface area contributed by atoms with E-state index in [1.54, 1.807) is 0 Å². The normalized spacial score (nSPS) is 13.3. The molecule has 0 aliphatic carbocycles. The third-order valence-electron chi connectivity index (χ3n) is 3.87. The van der Waals surface area contributed by atoms with Gasteiger partial charge in [0.1, 0.15) is 0 Å². The highest BCUT2D eigenvalue weighted by Crippen LogP contribution is 2.24. The number of aromatic nitrogens is 1. The summed E-state index contributed by atoms with van der Waals surface area (Å²) in [6.07, 6.45) is 3.04. The fourth-order valence-electron chi connectivity index (χ4n) is 2.67. The van der Waals surface area contributed by atoms with Crippen LogP contribution in [0.1, 0.15) is 32.8 Å². The van der Waals surface area contributed by atoms with Crippen molar-refractivity contribution in [3.05, 3.63) is 36.0 Å². The molecule has 108 valence electrons. The summed E-state index contributed by atoms with van der Waals surface area (Å²) in [5.74, 6) is 0.716. The van der Waals surface area contributed by atoms with E-state index in [1.807, 2.05) is 24.4 Å². The van der Waals surface area contributed by atoms with Crippen molar-refractivity contribution in [3.63, 3.8) is 0 Å². The maximum atomic E-state index is 6.03. The number of nitrogens with two attached hydrogens (primary N) is 1. The Morgan fingerprint density at radius 1 is 1.20 bits per heavy atom. The summed E-state index contributed by atoms with van der Waals surface area (Å²) in [6, 6.07) is 8.63. The monoisotopic (exact) mass is 271 g/mol. The summed E-state index contributed by atoms with van der Waals surface area (Å²) in [4.78, 5) is 6.90. The number of fused-ring (bicyclic) bond motifs is 1. The van der Waals surface area contributed by atoms with Crippen molar-refractivity contribution in [2.45, 2.75) is 39.8 Å². The molecule has 2 N–H and O–H groups in total. The Kier molecular flexibility index (Phi) is 4.61. The topological polar surface area (TPSA) is 42.1 Å². The summed E-state index contributed by atoms with van der Waals surface area (Å²) < 4.78 is 0. The van der Waals surface area contributed by atoms with Gasteiger partial charge in [-0.1, -0.05) is 19.9 Å². The standard InChI is InChI=1S/C17H25N3/c1-12(2)10-13(3)20(4)11-14-7-8-16(18)15-6-5-9-19-17(14)15/h5-9,12-13H,10-11,18H2,1-4H3. The summed E-state index contributed by atoms with van der Waals surface area (Å²) in [5, 5.41) is 1.05. The van der Waals surface area contributed by atoms with Crippen LogP contribution in [0.3, 0.4) is 0 Å². The third-order valence-corrected chi connectivity index (χ3v) is 3.87. The molecule has 0 bridgehead atoms. The molecule has 3 nitrogen and oxygen atoms in total. The van der Waals surface area contributed by atoms with Crippen LogP contribution in [0.15, 0.2) is 30.5 Å². The van der Waals surface area contributed by atoms with Crippen LogP contribution < -0.4 is 5.73 Å². The highest BCUT2D eigenvalue weighted by Gasteiger charge is 2.13. The molecule has 0 aliphatic rings. The predicted molar refractivity (Wildman–Crippen MR) is 86.5 cm³/mol. The minimum Gasteiger partial charge on any atom is -0.398 e. The van der Waals surface area contributed by atoms with Gasteiger partial charge in [-0.05, 0) is 50.1 Å². The number of benzene rings is 1. The van der Waals surface area contributed by atoms with Crippen molar-refractivity contribution < 1.29 is 0 Å². The summed E-state index contributed by atoms with van der Waals surface area (Å²) in [5.41, 5.74) is 9.10. The quantitative estimate of drug-likeness (QED) is 0.843. The van der Waals surface area contributed by atoms with E-state index in [9.17, 15) is 0 Å². The Morgan fingerprint density at radius 2 is 1.95 bits per heavy atom. The van der Waals surface area contributed by atoms with Crippen molar-refractivity contribution in [1.82, 2.24) is 9.88 Å². The molecule has 1 aromatic carbocycles. The number of anilines is 1. The van der Waals surface area contributed by atoms with Crippen LogP contribution in [0, 0.1) is 5.92 Å². The van der Waals surface area contributed by atoms with E-state index in [4.69, 9.17) is 5.73 Å². The van der Waals surface area contributed by atoms with Gasteiger partial charge in [-0.15, -0.1) is 0 Å². The van der Waals surface area contributed by atoms with Crippen molar-refractivity contribution in [1.29, 1.82) is 0 Å². The number of rotatable bonds is 5. The maximum absolute atomic E-state index is 6.03. The number of nitrogen functional groups attached to an aromatic ring is 1. The molecule has 2 aromatic rings. The Labute approximate surface area is 121 Å². The van der Waals surface area contributed by atoms with Gasteiger partial charge < -0.3 is 5.73 Å². The Morgan fingerprint density at radius 3 is 2.65 bits per heavy atom. The van der Waals surface area contributed by atoms with Gasteiger partial charge in [0.15, 0.2) is 0 Å². The largest absolute Gasteiger partial charge is 0.398 e. The third kappa shape index (κ3) is 3.28. The lowest BCUT2D eigenvalue weighted by Gasteiger charge is -2.26. The average Bonchev–Trinajstić information content (AvgIpc) is 2.41. The molecule has 0 spiro atoms. The molecule has 0 amide bonds. The van der Waals surface area contributed by atoms with E-state index in [0.717, 1.165) is 23.1 Å². The smallest absolute Gasteiger partial charge is 0.0767 e. The van der Waals surface area contributed by atoms with E-state index >= 15 is 0 Å². The summed E-state index contributed by atoms with van der Waals surface area (Å²) in [6.45, 7) is 7.73. The molecule has 3 heteroatoms. The zero-order chi connectivity index (χ0) is 14.7. The van der Waals surface area contributed by atoms with Gasteiger partial charge in [0.05, 0.1) is 5.52 Å². The fraction of sp³-hybridized carbons (Fsp3) is 0.471. The zero-order valence-electron chi connectivity index (χ0n) is 12.9. The van der Waals surface area contributed by atoms with Crippen LogP contribution in [0.5, 0.6) is 0 Å². The Bertz CT molecular complexity index is 577. The summed E-state index contributed by atoms with van der Waals surface area (Å²) >= 11 is 0. The molecule has 0 radical (unpaired) electrons. The van der Waals surface area contributed by atoms with E-state index in [1.165, 1.54) is 12.0 Å². The van der Waals surface area contributed by atoms with Gasteiger partial charge in [-0.3, -0.25) is 9.88 Å². The first-order valence-electron chi connectivity index (χ1n) is 7.31. The lowest BCUT2D eigenvalue weighted by Crippen LogP contribution is -2.29. The van der Waals surface area contributed by atoms with E-state index in [0.29, 0.717) is 12.0 Å². The average molecular weight is 271 g/mol. The van der Waals surface area contributed by atoms with Crippen LogP contribution in [-0.4, -0.2) is 23.0 Å². The summed E-state index contributed by atoms with van der Waals surface area (Å²) in [7, 11) is 2.18. The SMILES string of the molecule is CC(C)CC(C)N(C)Cc1ccc(N)c2cccnc12. The number of nitrogens with zero attached hydrogens (tertiary/aromatic N) is 2. The molecule has 1 unspecified atom stereocenters. The lowest BCUT2D eigenvalue weighted by molar-refractivity contribution is 0.221. The first-order chi connectivity index (χ1) is 9.49. The van der Waals surface area contributed by atoms with Crippen LogP contribution in [0.2, 0.25) is 0 Å². The van der Waals surface area contributed by atoms with E-state index in [-0.39, 0.29) is 0 Å². The Hall–Kier alpha value is -1.61. The van der Waals surface area contributed by atoms with Crippen molar-refractivity contribution in [2.75, 3.05) is 12.8 Å². The van der Waals surface area contributed by atoms with Crippen molar-refractivity contribution in [2.24, 2.45) is 5.92 Å². The number of hydrogen-bond donors (Lipinski definition) is 1. The van der Waals surface area contributed by atoms with E-state index < -0.39 is 0 Å². The van der Waals surface area contributed by atoms with Crippen LogP contribution >= 0.6 is 0 Å². The predicted octanol–water partition coefficient (Wildman–Crippen LogP) is 3.68. The Balaban J connectivity index is 2.24. The second kappa shape index (κ2) is 6.23. The molecule has 1 aromatic heterocycles. The molecule has 0 fully saturated rings. The molecule has 1 atom stereocenters. The fourth-order valence-corrected chi connectivity index (χ4v) is 2.67. The molecular formula is C17H25N3. The molecule has 0 aliphatic heterocycles. The van der Waals surface area contributed by atoms with Crippen molar-refractivity contribution in [3.8, 4) is 0 Å². The second-order valence-electron chi connectivity index (χ2n) is 6.11. The van der Waals surface area contributed by atoms with E-state index in [2.05, 4.69) is 43.8 Å². The van der Waals surface area contributed by atoms with Gasteiger partial charge in [-0.2, -0.15) is 0 Å². The minimum absolute atomic E-state index is 0.561. The van der Waals surface area contributed by atoms with Crippen molar-refractivity contribution >= 4 is 16.6 Å². The second-order valence-corrected chi connectivity index (χ2v) is 6.11. The van der Waals surface area contributed by atoms with Gasteiger partial charge in [0, 0.05) is 29.9 Å². The first-order valence-corrected chi connectivity index (χ1v) is 7.31. The minimum atomic E-state index is 0.561. The molecule has 2 rings (SSSR count). The van der Waals surface area contributed by atoms with Crippen LogP contribution in [0.25, 0.3) is 10.9 Å². The number of hydrogen-bond acceptors (Lipinski definition) is 3. The molecule has 0 saturated heterocycles. The van der Waals surface area contributed by atoms with Crippen LogP contribution in [0.4, 0.5) is 5.69 Å². The molecular weight excluding hydrogens is 246 g/mol. The highest BCUT2D eigenvalue weighted by molar-refractivity contribution is 5.92. The molecule has 0 saturated carbocycles. The zero-order valence-corrected chi connectivity index (χ0v) is 12.9. The maximum Gasteiger partial charge on any atom is 0.0767 e. The lowest BCUT2D eigenvalue weighted by atomic mass is 10.0. The molecule has 20 heavy (non-hydrogen) atoms. The van der Waals surface area contributed by atoms with Crippen LogP contribution in [-0.2, 0) is 6.54 Å². The van der Waals surface area contributed by atoms with Gasteiger partial charge in [-0.25, -0.2) is 0 Å². The van der Waals surface area contributed by atoms with Gasteiger partial charge in [0.25, 0.3) is 0 Å².